The Morgan fingerprint density at radius 3 is 2.84 bits per heavy atom. The minimum atomic E-state index is -0.183. The highest BCUT2D eigenvalue weighted by molar-refractivity contribution is 5.29. The fourth-order valence-electron chi connectivity index (χ4n) is 2.34. The molecule has 0 amide bonds. The van der Waals surface area contributed by atoms with Crippen molar-refractivity contribution >= 4 is 0 Å². The second kappa shape index (κ2) is 6.43. The molecule has 1 atom stereocenters. The predicted octanol–water partition coefficient (Wildman–Crippen LogP) is 3.29. The minimum absolute atomic E-state index is 0.180. The maximum Gasteiger partial charge on any atom is 0.123 e. The molecule has 0 spiro atoms. The van der Waals surface area contributed by atoms with Gasteiger partial charge >= 0.3 is 0 Å². The number of benzene rings is 1. The molecule has 100 valence electrons. The van der Waals surface area contributed by atoms with Crippen LogP contribution in [-0.4, -0.2) is 12.0 Å². The molecule has 1 N–H and O–H groups in total. The van der Waals surface area contributed by atoms with Crippen molar-refractivity contribution in [2.24, 2.45) is 0 Å². The van der Waals surface area contributed by atoms with Gasteiger partial charge < -0.3 is 5.32 Å². The zero-order chi connectivity index (χ0) is 13.7. The molecule has 0 fully saturated rings. The average molecular weight is 258 g/mol. The van der Waals surface area contributed by atoms with Gasteiger partial charge in [0.15, 0.2) is 0 Å². The van der Waals surface area contributed by atoms with Crippen LogP contribution in [0.3, 0.4) is 0 Å². The summed E-state index contributed by atoms with van der Waals surface area (Å²) < 4.78 is 13.2. The van der Waals surface area contributed by atoms with Crippen LogP contribution in [0.15, 0.2) is 42.7 Å². The molecule has 1 unspecified atom stereocenters. The lowest BCUT2D eigenvalue weighted by atomic mass is 9.95. The van der Waals surface area contributed by atoms with Crippen LogP contribution in [0.25, 0.3) is 0 Å². The Labute approximate surface area is 113 Å². The number of pyridine rings is 1. The Hall–Kier alpha value is -1.74. The van der Waals surface area contributed by atoms with E-state index in [2.05, 4.69) is 17.2 Å². The van der Waals surface area contributed by atoms with E-state index in [-0.39, 0.29) is 11.9 Å². The maximum atomic E-state index is 13.2. The maximum absolute atomic E-state index is 13.2. The van der Waals surface area contributed by atoms with Gasteiger partial charge in [-0.2, -0.15) is 0 Å². The van der Waals surface area contributed by atoms with Crippen LogP contribution in [0.5, 0.6) is 0 Å². The Kier molecular flexibility index (Phi) is 4.63. The van der Waals surface area contributed by atoms with Crippen molar-refractivity contribution in [3.05, 3.63) is 65.2 Å². The molecule has 0 saturated carbocycles. The summed E-state index contributed by atoms with van der Waals surface area (Å²) in [5, 5.41) is 3.31. The van der Waals surface area contributed by atoms with E-state index in [1.54, 1.807) is 12.1 Å². The lowest BCUT2D eigenvalue weighted by molar-refractivity contribution is 0.579. The molecule has 2 nitrogen and oxygen atoms in total. The molecule has 19 heavy (non-hydrogen) atoms. The molecule has 0 aliphatic heterocycles. The first-order valence-electron chi connectivity index (χ1n) is 6.59. The number of nitrogens with zero attached hydrogens (tertiary/aromatic N) is 1. The van der Waals surface area contributed by atoms with E-state index in [9.17, 15) is 4.39 Å². The van der Waals surface area contributed by atoms with E-state index >= 15 is 0 Å². The van der Waals surface area contributed by atoms with Gasteiger partial charge in [-0.3, -0.25) is 4.98 Å². The lowest BCUT2D eigenvalue weighted by Crippen LogP contribution is -2.20. The summed E-state index contributed by atoms with van der Waals surface area (Å²) in [4.78, 5) is 4.17. The largest absolute Gasteiger partial charge is 0.313 e. The first-order chi connectivity index (χ1) is 9.24. The molecule has 0 bridgehead atoms. The van der Waals surface area contributed by atoms with Crippen LogP contribution in [0.2, 0.25) is 0 Å². The Morgan fingerprint density at radius 1 is 1.32 bits per heavy atom. The molecule has 1 aromatic heterocycles. The zero-order valence-corrected chi connectivity index (χ0v) is 11.4. The van der Waals surface area contributed by atoms with Gasteiger partial charge in [-0.25, -0.2) is 4.39 Å². The third kappa shape index (κ3) is 3.38. The van der Waals surface area contributed by atoms with E-state index in [0.717, 1.165) is 18.4 Å². The van der Waals surface area contributed by atoms with Crippen LogP contribution in [-0.2, 0) is 12.8 Å². The smallest absolute Gasteiger partial charge is 0.123 e. The standard InChI is InChI=1S/C16H19FN2/c1-3-13-11-19-8-7-15(13)16(18-2)10-12-5-4-6-14(17)9-12/h4-9,11,16,18H,3,10H2,1-2H3. The Morgan fingerprint density at radius 2 is 2.16 bits per heavy atom. The minimum Gasteiger partial charge on any atom is -0.313 e. The third-order valence-corrected chi connectivity index (χ3v) is 3.37. The summed E-state index contributed by atoms with van der Waals surface area (Å²) >= 11 is 0. The second-order valence-electron chi connectivity index (χ2n) is 4.60. The van der Waals surface area contributed by atoms with E-state index < -0.39 is 0 Å². The second-order valence-corrected chi connectivity index (χ2v) is 4.60. The van der Waals surface area contributed by atoms with Crippen LogP contribution in [0, 0.1) is 5.82 Å². The monoisotopic (exact) mass is 258 g/mol. The zero-order valence-electron chi connectivity index (χ0n) is 11.4. The van der Waals surface area contributed by atoms with Crippen LogP contribution < -0.4 is 5.32 Å². The summed E-state index contributed by atoms with van der Waals surface area (Å²) in [5.74, 6) is -0.183. The number of nitrogens with one attached hydrogen (secondary N) is 1. The van der Waals surface area contributed by atoms with Gasteiger partial charge in [0.2, 0.25) is 0 Å². The van der Waals surface area contributed by atoms with Crippen molar-refractivity contribution < 1.29 is 4.39 Å². The van der Waals surface area contributed by atoms with E-state index in [0.29, 0.717) is 0 Å². The van der Waals surface area contributed by atoms with E-state index in [1.165, 1.54) is 17.2 Å². The van der Waals surface area contributed by atoms with Crippen molar-refractivity contribution in [1.82, 2.24) is 10.3 Å². The van der Waals surface area contributed by atoms with Crippen LogP contribution in [0.4, 0.5) is 4.39 Å². The molecule has 0 aliphatic carbocycles. The van der Waals surface area contributed by atoms with Gasteiger partial charge in [0.1, 0.15) is 5.82 Å². The lowest BCUT2D eigenvalue weighted by Gasteiger charge is -2.19. The van der Waals surface area contributed by atoms with E-state index in [1.807, 2.05) is 31.6 Å². The van der Waals surface area contributed by atoms with Crippen molar-refractivity contribution in [2.75, 3.05) is 7.05 Å². The van der Waals surface area contributed by atoms with Gasteiger partial charge in [0, 0.05) is 18.4 Å². The SMILES string of the molecule is CCc1cnccc1C(Cc1cccc(F)c1)NC. The first-order valence-corrected chi connectivity index (χ1v) is 6.59. The Bertz CT molecular complexity index is 540. The molecule has 2 rings (SSSR count). The number of hydrogen-bond donors (Lipinski definition) is 1. The molecule has 3 heteroatoms. The summed E-state index contributed by atoms with van der Waals surface area (Å²) in [6.07, 6.45) is 5.44. The highest BCUT2D eigenvalue weighted by Gasteiger charge is 2.13. The fraction of sp³-hybridized carbons (Fsp3) is 0.312. The summed E-state index contributed by atoms with van der Waals surface area (Å²) in [6, 6.07) is 9.00. The van der Waals surface area contributed by atoms with E-state index in [4.69, 9.17) is 0 Å². The number of hydrogen-bond acceptors (Lipinski definition) is 2. The Balaban J connectivity index is 2.25. The van der Waals surface area contributed by atoms with Crippen LogP contribution >= 0.6 is 0 Å². The predicted molar refractivity (Wildman–Crippen MR) is 75.5 cm³/mol. The topological polar surface area (TPSA) is 24.9 Å². The molecule has 2 aromatic rings. The molecule has 1 aromatic carbocycles. The molecule has 0 aliphatic rings. The normalized spacial score (nSPS) is 12.4. The third-order valence-electron chi connectivity index (χ3n) is 3.37. The van der Waals surface area contributed by atoms with Crippen molar-refractivity contribution in [1.29, 1.82) is 0 Å². The summed E-state index contributed by atoms with van der Waals surface area (Å²) in [6.45, 7) is 2.12. The number of likely N-dealkylation sites (N-methyl/N-ethyl adjacent to an activating group) is 1. The van der Waals surface area contributed by atoms with Gasteiger partial charge in [-0.05, 0) is 54.8 Å². The highest BCUT2D eigenvalue weighted by Crippen LogP contribution is 2.22. The molecular weight excluding hydrogens is 239 g/mol. The van der Waals surface area contributed by atoms with Gasteiger partial charge in [-0.15, -0.1) is 0 Å². The average Bonchev–Trinajstić information content (AvgIpc) is 2.45. The molecular formula is C16H19FN2. The summed E-state index contributed by atoms with van der Waals surface area (Å²) in [5.41, 5.74) is 3.47. The number of rotatable bonds is 5. The molecule has 1 heterocycles. The van der Waals surface area contributed by atoms with Crippen LogP contribution in [0.1, 0.15) is 29.7 Å². The van der Waals surface area contributed by atoms with Gasteiger partial charge in [0.25, 0.3) is 0 Å². The van der Waals surface area contributed by atoms with Gasteiger partial charge in [-0.1, -0.05) is 19.1 Å². The summed E-state index contributed by atoms with van der Waals surface area (Å²) in [7, 11) is 1.93. The first kappa shape index (κ1) is 13.7. The molecule has 0 saturated heterocycles. The number of halogens is 1. The fourth-order valence-corrected chi connectivity index (χ4v) is 2.34. The van der Waals surface area contributed by atoms with Crippen molar-refractivity contribution in [3.63, 3.8) is 0 Å². The quantitative estimate of drug-likeness (QED) is 0.890. The van der Waals surface area contributed by atoms with Crippen molar-refractivity contribution in [3.8, 4) is 0 Å². The number of aromatic nitrogens is 1. The van der Waals surface area contributed by atoms with Gasteiger partial charge in [0.05, 0.1) is 0 Å². The number of aryl methyl sites for hydroxylation is 1. The highest BCUT2D eigenvalue weighted by atomic mass is 19.1. The molecule has 0 radical (unpaired) electrons. The van der Waals surface area contributed by atoms with Crippen molar-refractivity contribution in [2.45, 2.75) is 25.8 Å².